The van der Waals surface area contributed by atoms with Crippen LogP contribution in [-0.2, 0) is 9.53 Å². The molecule has 0 unspecified atom stereocenters. The van der Waals surface area contributed by atoms with Crippen molar-refractivity contribution in [3.63, 3.8) is 0 Å². The minimum Gasteiger partial charge on any atom is -0.493 e. The van der Waals surface area contributed by atoms with Gasteiger partial charge in [0.15, 0.2) is 11.5 Å². The van der Waals surface area contributed by atoms with Gasteiger partial charge in [-0.3, -0.25) is 4.79 Å². The van der Waals surface area contributed by atoms with Crippen molar-refractivity contribution in [2.24, 2.45) is 4.99 Å². The number of carbonyl (C=O) groups is 1. The summed E-state index contributed by atoms with van der Waals surface area (Å²) < 4.78 is 21.7. The van der Waals surface area contributed by atoms with Crippen LogP contribution >= 0.6 is 0 Å². The molecule has 1 aliphatic rings. The van der Waals surface area contributed by atoms with Crippen molar-refractivity contribution in [2.45, 2.75) is 13.0 Å². The molecule has 4 rings (SSSR count). The molecule has 1 atom stereocenters. The van der Waals surface area contributed by atoms with Crippen molar-refractivity contribution in [1.29, 1.82) is 0 Å². The molecule has 3 aromatic rings. The number of esters is 1. The van der Waals surface area contributed by atoms with Gasteiger partial charge in [-0.25, -0.2) is 4.99 Å². The molecule has 0 N–H and O–H groups in total. The third kappa shape index (κ3) is 4.29. The number of aryl methyl sites for hydroxylation is 1. The van der Waals surface area contributed by atoms with Crippen molar-refractivity contribution in [1.82, 2.24) is 4.90 Å². The van der Waals surface area contributed by atoms with Crippen LogP contribution in [-0.4, -0.2) is 51.7 Å². The standard InChI is InChI=1S/C27H28N2O5/c1-17-11-12-21-20(13-17)25(18-9-7-6-8-10-18)29(16-24(30)33-4)27(28-21)19-14-22(31-2)26(34-5)23(15-19)32-3/h6-15,25H,16H2,1-5H3/t25-/m1/s1. The smallest absolute Gasteiger partial charge is 0.325 e. The summed E-state index contributed by atoms with van der Waals surface area (Å²) >= 11 is 0. The van der Waals surface area contributed by atoms with E-state index < -0.39 is 0 Å². The molecule has 3 aromatic carbocycles. The Hall–Kier alpha value is -4.00. The Bertz CT molecular complexity index is 1200. The number of ether oxygens (including phenoxy) is 4. The van der Waals surface area contributed by atoms with Gasteiger partial charge in [-0.15, -0.1) is 0 Å². The van der Waals surface area contributed by atoms with E-state index in [2.05, 4.69) is 18.2 Å². The molecular formula is C27H28N2O5. The summed E-state index contributed by atoms with van der Waals surface area (Å²) in [6, 6.07) is 19.7. The van der Waals surface area contributed by atoms with E-state index in [1.54, 1.807) is 21.3 Å². The lowest BCUT2D eigenvalue weighted by Gasteiger charge is -2.38. The molecule has 176 valence electrons. The van der Waals surface area contributed by atoms with Gasteiger partial charge in [-0.2, -0.15) is 0 Å². The van der Waals surface area contributed by atoms with Crippen molar-refractivity contribution < 1.29 is 23.7 Å². The number of hydrogen-bond acceptors (Lipinski definition) is 7. The molecule has 1 heterocycles. The van der Waals surface area contributed by atoms with Crippen LogP contribution in [0.1, 0.15) is 28.3 Å². The average molecular weight is 461 g/mol. The van der Waals surface area contributed by atoms with E-state index in [1.807, 2.05) is 54.3 Å². The molecule has 0 bridgehead atoms. The lowest BCUT2D eigenvalue weighted by Crippen LogP contribution is -2.42. The molecule has 7 nitrogen and oxygen atoms in total. The Balaban J connectivity index is 1.98. The van der Waals surface area contributed by atoms with Crippen LogP contribution in [0.15, 0.2) is 65.7 Å². The maximum atomic E-state index is 12.6. The minimum atomic E-state index is -0.364. The normalized spacial score (nSPS) is 14.7. The number of carbonyl (C=O) groups excluding carboxylic acids is 1. The first-order chi connectivity index (χ1) is 16.5. The Morgan fingerprint density at radius 2 is 1.59 bits per heavy atom. The maximum Gasteiger partial charge on any atom is 0.325 e. The molecule has 0 amide bonds. The molecule has 0 aliphatic carbocycles. The largest absolute Gasteiger partial charge is 0.493 e. The lowest BCUT2D eigenvalue weighted by atomic mass is 9.91. The van der Waals surface area contributed by atoms with Crippen LogP contribution < -0.4 is 14.2 Å². The van der Waals surface area contributed by atoms with E-state index in [9.17, 15) is 4.79 Å². The summed E-state index contributed by atoms with van der Waals surface area (Å²) in [7, 11) is 6.09. The highest BCUT2D eigenvalue weighted by atomic mass is 16.5. The predicted molar refractivity (Wildman–Crippen MR) is 130 cm³/mol. The monoisotopic (exact) mass is 460 g/mol. The van der Waals surface area contributed by atoms with Crippen LogP contribution in [0.3, 0.4) is 0 Å². The van der Waals surface area contributed by atoms with Crippen LogP contribution in [0.2, 0.25) is 0 Å². The summed E-state index contributed by atoms with van der Waals surface area (Å²) in [5.41, 5.74) is 4.74. The van der Waals surface area contributed by atoms with Gasteiger partial charge >= 0.3 is 5.97 Å². The number of nitrogens with zero attached hydrogens (tertiary/aromatic N) is 2. The van der Waals surface area contributed by atoms with Crippen LogP contribution in [0, 0.1) is 6.92 Å². The van der Waals surface area contributed by atoms with Gasteiger partial charge in [0.05, 0.1) is 40.2 Å². The van der Waals surface area contributed by atoms with E-state index in [0.717, 1.165) is 27.9 Å². The summed E-state index contributed by atoms with van der Waals surface area (Å²) in [5.74, 6) is 1.74. The van der Waals surface area contributed by atoms with Gasteiger partial charge in [0.1, 0.15) is 12.4 Å². The second-order valence-corrected chi connectivity index (χ2v) is 7.93. The van der Waals surface area contributed by atoms with E-state index in [0.29, 0.717) is 23.1 Å². The van der Waals surface area contributed by atoms with E-state index in [-0.39, 0.29) is 18.6 Å². The predicted octanol–water partition coefficient (Wildman–Crippen LogP) is 4.68. The highest BCUT2D eigenvalue weighted by Gasteiger charge is 2.34. The quantitative estimate of drug-likeness (QED) is 0.477. The van der Waals surface area contributed by atoms with Gasteiger partial charge in [0, 0.05) is 11.1 Å². The molecular weight excluding hydrogens is 432 g/mol. The summed E-state index contributed by atoms with van der Waals surface area (Å²) in [6.07, 6.45) is 0. The fourth-order valence-electron chi connectivity index (χ4n) is 4.27. The van der Waals surface area contributed by atoms with E-state index in [4.69, 9.17) is 23.9 Å². The number of amidine groups is 1. The van der Waals surface area contributed by atoms with Crippen molar-refractivity contribution in [3.05, 3.63) is 82.9 Å². The van der Waals surface area contributed by atoms with Crippen molar-refractivity contribution in [2.75, 3.05) is 35.0 Å². The number of fused-ring (bicyclic) bond motifs is 1. The third-order valence-corrected chi connectivity index (χ3v) is 5.85. The number of rotatable bonds is 7. The van der Waals surface area contributed by atoms with Gasteiger partial charge in [0.2, 0.25) is 5.75 Å². The number of aliphatic imine (C=N–C) groups is 1. The lowest BCUT2D eigenvalue weighted by molar-refractivity contribution is -0.141. The van der Waals surface area contributed by atoms with E-state index in [1.165, 1.54) is 7.11 Å². The molecule has 0 radical (unpaired) electrons. The Labute approximate surface area is 199 Å². The molecule has 34 heavy (non-hydrogen) atoms. The molecule has 0 aromatic heterocycles. The second kappa shape index (κ2) is 9.87. The van der Waals surface area contributed by atoms with Crippen molar-refractivity contribution in [3.8, 4) is 17.2 Å². The van der Waals surface area contributed by atoms with Gasteiger partial charge < -0.3 is 23.8 Å². The number of methoxy groups -OCH3 is 4. The molecule has 0 saturated carbocycles. The molecule has 7 heteroatoms. The third-order valence-electron chi connectivity index (χ3n) is 5.85. The fraction of sp³-hybridized carbons (Fsp3) is 0.259. The highest BCUT2D eigenvalue weighted by molar-refractivity contribution is 6.04. The molecule has 0 spiro atoms. The average Bonchev–Trinajstić information content (AvgIpc) is 2.87. The highest BCUT2D eigenvalue weighted by Crippen LogP contribution is 2.43. The molecule has 0 saturated heterocycles. The number of hydrogen-bond donors (Lipinski definition) is 0. The zero-order chi connectivity index (χ0) is 24.2. The van der Waals surface area contributed by atoms with Crippen molar-refractivity contribution >= 4 is 17.5 Å². The summed E-state index contributed by atoms with van der Waals surface area (Å²) in [4.78, 5) is 19.5. The second-order valence-electron chi connectivity index (χ2n) is 7.93. The topological polar surface area (TPSA) is 69.6 Å². The summed E-state index contributed by atoms with van der Waals surface area (Å²) in [6.45, 7) is 2.06. The SMILES string of the molecule is COC(=O)CN1C(c2cc(OC)c(OC)c(OC)c2)=Nc2ccc(C)cc2[C@H]1c1ccccc1. The fourth-order valence-corrected chi connectivity index (χ4v) is 4.27. The number of benzene rings is 3. The zero-order valence-electron chi connectivity index (χ0n) is 20.0. The Morgan fingerprint density at radius 1 is 0.912 bits per heavy atom. The first-order valence-corrected chi connectivity index (χ1v) is 10.9. The van der Waals surface area contributed by atoms with Gasteiger partial charge in [0.25, 0.3) is 0 Å². The van der Waals surface area contributed by atoms with Crippen LogP contribution in [0.4, 0.5) is 5.69 Å². The van der Waals surface area contributed by atoms with Gasteiger partial charge in [-0.1, -0.05) is 48.0 Å². The summed E-state index contributed by atoms with van der Waals surface area (Å²) in [5, 5.41) is 0. The minimum absolute atomic E-state index is 0.0128. The zero-order valence-corrected chi connectivity index (χ0v) is 20.0. The first kappa shape index (κ1) is 23.2. The molecule has 0 fully saturated rings. The first-order valence-electron chi connectivity index (χ1n) is 10.9. The Kier molecular flexibility index (Phi) is 6.72. The Morgan fingerprint density at radius 3 is 2.18 bits per heavy atom. The maximum absolute atomic E-state index is 12.6. The molecule has 1 aliphatic heterocycles. The van der Waals surface area contributed by atoms with Crippen LogP contribution in [0.25, 0.3) is 0 Å². The van der Waals surface area contributed by atoms with Crippen LogP contribution in [0.5, 0.6) is 17.2 Å². The van der Waals surface area contributed by atoms with E-state index >= 15 is 0 Å². The van der Waals surface area contributed by atoms with Gasteiger partial charge in [-0.05, 0) is 30.7 Å².